The van der Waals surface area contributed by atoms with Crippen molar-refractivity contribution in [1.29, 1.82) is 0 Å². The van der Waals surface area contributed by atoms with Gasteiger partial charge in [0, 0.05) is 19.0 Å². The molecule has 14 heteroatoms. The maximum atomic E-state index is 14.5. The van der Waals surface area contributed by atoms with Crippen LogP contribution in [0, 0.1) is 11.3 Å². The third-order valence-corrected chi connectivity index (χ3v) is 12.4. The number of fused-ring (bicyclic) bond motifs is 1. The molecule has 3 aliphatic carbocycles. The van der Waals surface area contributed by atoms with Gasteiger partial charge in [-0.1, -0.05) is 57.7 Å². The van der Waals surface area contributed by atoms with Crippen molar-refractivity contribution in [2.45, 2.75) is 108 Å². The average Bonchev–Trinajstić information content (AvgIpc) is 4.02. The Morgan fingerprint density at radius 1 is 1.04 bits per heavy atom. The van der Waals surface area contributed by atoms with E-state index >= 15 is 0 Å². The number of ether oxygens (including phenoxy) is 1. The van der Waals surface area contributed by atoms with Crippen LogP contribution < -0.4 is 25.4 Å². The van der Waals surface area contributed by atoms with Gasteiger partial charge in [0.15, 0.2) is 0 Å². The zero-order chi connectivity index (χ0) is 37.6. The van der Waals surface area contributed by atoms with Gasteiger partial charge in [-0.05, 0) is 85.6 Å². The largest absolute Gasteiger partial charge is 0.493 e. The molecule has 0 radical (unpaired) electrons. The number of hydrogen-bond acceptors (Lipinski definition) is 8. The van der Waals surface area contributed by atoms with Crippen LogP contribution in [0.1, 0.15) is 89.4 Å². The van der Waals surface area contributed by atoms with Gasteiger partial charge in [-0.15, -0.1) is 0 Å². The van der Waals surface area contributed by atoms with Gasteiger partial charge in [-0.3, -0.25) is 28.7 Å². The highest BCUT2D eigenvalue weighted by Gasteiger charge is 2.54. The summed E-state index contributed by atoms with van der Waals surface area (Å²) in [5.74, 6) is -2.10. The Hall–Kier alpha value is -4.46. The number of carbonyl (C=O) groups excluding carboxylic acids is 5. The molecule has 2 aromatic carbocycles. The van der Waals surface area contributed by atoms with Crippen LogP contribution in [-0.4, -0.2) is 84.9 Å². The van der Waals surface area contributed by atoms with Crippen LogP contribution in [0.15, 0.2) is 48.6 Å². The van der Waals surface area contributed by atoms with E-state index in [-0.39, 0.29) is 31.2 Å². The smallest absolute Gasteiger partial charge is 0.263 e. The monoisotopic (exact) mass is 735 g/mol. The van der Waals surface area contributed by atoms with Crippen LogP contribution in [0.5, 0.6) is 5.75 Å². The maximum absolute atomic E-state index is 14.5. The van der Waals surface area contributed by atoms with Crippen molar-refractivity contribution < 1.29 is 37.1 Å². The summed E-state index contributed by atoms with van der Waals surface area (Å²) >= 11 is 0. The van der Waals surface area contributed by atoms with Crippen molar-refractivity contribution in [3.05, 3.63) is 54.1 Å². The second kappa shape index (κ2) is 14.2. The first-order valence-corrected chi connectivity index (χ1v) is 19.7. The van der Waals surface area contributed by atoms with Crippen molar-refractivity contribution >= 4 is 50.3 Å². The number of likely N-dealkylation sites (tertiary alicyclic amines) is 1. The number of amides is 5. The highest BCUT2D eigenvalue weighted by molar-refractivity contribution is 7.91. The van der Waals surface area contributed by atoms with Gasteiger partial charge in [-0.2, -0.15) is 0 Å². The molecule has 13 nitrogen and oxygen atoms in total. The Bertz CT molecular complexity index is 1910. The van der Waals surface area contributed by atoms with Crippen molar-refractivity contribution in [3.63, 3.8) is 0 Å². The number of sulfonamides is 1. The molecule has 4 fully saturated rings. The predicted octanol–water partition coefficient (Wildman–Crippen LogP) is 3.08. The summed E-state index contributed by atoms with van der Waals surface area (Å²) in [6.07, 6.45) is 3.65. The molecule has 6 rings (SSSR count). The molecule has 280 valence electrons. The number of benzene rings is 2. The molecule has 1 aliphatic heterocycles. The summed E-state index contributed by atoms with van der Waals surface area (Å²) in [5, 5.41) is 9.56. The lowest BCUT2D eigenvalue weighted by molar-refractivity contribution is -0.145. The minimum Gasteiger partial charge on any atom is -0.493 e. The predicted molar refractivity (Wildman–Crippen MR) is 195 cm³/mol. The van der Waals surface area contributed by atoms with E-state index in [1.165, 1.54) is 4.90 Å². The third kappa shape index (κ3) is 7.67. The molecule has 5 amide bonds. The van der Waals surface area contributed by atoms with Crippen LogP contribution >= 0.6 is 0 Å². The molecule has 4 N–H and O–H groups in total. The molecular weight excluding hydrogens is 687 g/mol. The fourth-order valence-electron chi connectivity index (χ4n) is 7.08. The van der Waals surface area contributed by atoms with Crippen molar-refractivity contribution in [1.82, 2.24) is 25.6 Å². The summed E-state index contributed by atoms with van der Waals surface area (Å²) in [5.41, 5.74) is -1.74. The molecule has 1 heterocycles. The van der Waals surface area contributed by atoms with Gasteiger partial charge in [0.05, 0.1) is 17.4 Å². The summed E-state index contributed by atoms with van der Waals surface area (Å²) in [7, 11) is -3.92. The molecular formula is C38H49N5O8S. The summed E-state index contributed by atoms with van der Waals surface area (Å²) in [4.78, 5) is 70.7. The molecule has 0 spiro atoms. The first kappa shape index (κ1) is 37.3. The van der Waals surface area contributed by atoms with E-state index in [2.05, 4.69) is 27.3 Å². The van der Waals surface area contributed by atoms with Crippen LogP contribution in [0.4, 0.5) is 0 Å². The number of hydrogen-bond donors (Lipinski definition) is 4. The fourth-order valence-corrected chi connectivity index (χ4v) is 8.43. The first-order chi connectivity index (χ1) is 24.5. The normalized spacial score (nSPS) is 23.7. The lowest BCUT2D eigenvalue weighted by Crippen LogP contribution is -2.67. The molecule has 2 aromatic rings. The minimum atomic E-state index is -3.92. The van der Waals surface area contributed by atoms with Gasteiger partial charge in [0.25, 0.3) is 11.8 Å². The molecule has 4 aliphatic rings. The summed E-state index contributed by atoms with van der Waals surface area (Å²) in [6, 6.07) is 8.15. The van der Waals surface area contributed by atoms with E-state index < -0.39 is 68.0 Å². The van der Waals surface area contributed by atoms with Crippen molar-refractivity contribution in [2.75, 3.05) is 13.2 Å². The van der Waals surface area contributed by atoms with E-state index in [0.717, 1.165) is 18.2 Å². The Morgan fingerprint density at radius 2 is 1.75 bits per heavy atom. The number of rotatable bonds is 13. The van der Waals surface area contributed by atoms with E-state index in [9.17, 15) is 32.4 Å². The molecule has 52 heavy (non-hydrogen) atoms. The van der Waals surface area contributed by atoms with Crippen LogP contribution in [-0.2, 0) is 29.2 Å². The van der Waals surface area contributed by atoms with Crippen molar-refractivity contribution in [3.8, 4) is 5.75 Å². The molecule has 4 atom stereocenters. The van der Waals surface area contributed by atoms with Gasteiger partial charge in [-0.25, -0.2) is 8.42 Å². The zero-order valence-electron chi connectivity index (χ0n) is 30.3. The van der Waals surface area contributed by atoms with Gasteiger partial charge in [0.1, 0.15) is 23.4 Å². The number of nitrogens with zero attached hydrogens (tertiary/aromatic N) is 1. The van der Waals surface area contributed by atoms with Gasteiger partial charge in [0.2, 0.25) is 27.7 Å². The van der Waals surface area contributed by atoms with E-state index in [4.69, 9.17) is 4.74 Å². The second-order valence-electron chi connectivity index (χ2n) is 15.7. The van der Waals surface area contributed by atoms with Crippen LogP contribution in [0.3, 0.4) is 0 Å². The number of carbonyl (C=O) groups is 5. The summed E-state index contributed by atoms with van der Waals surface area (Å²) < 4.78 is 33.4. The average molecular weight is 736 g/mol. The second-order valence-corrected chi connectivity index (χ2v) is 17.7. The van der Waals surface area contributed by atoms with Crippen LogP contribution in [0.2, 0.25) is 0 Å². The highest BCUT2D eigenvalue weighted by atomic mass is 32.2. The van der Waals surface area contributed by atoms with E-state index in [1.54, 1.807) is 6.07 Å². The quantitative estimate of drug-likeness (QED) is 0.227. The minimum absolute atomic E-state index is 0.00449. The lowest BCUT2D eigenvalue weighted by atomic mass is 9.71. The molecule has 1 saturated heterocycles. The molecule has 0 aromatic heterocycles. The Morgan fingerprint density at radius 3 is 2.35 bits per heavy atom. The Balaban J connectivity index is 1.29. The maximum Gasteiger partial charge on any atom is 0.263 e. The standard InChI is InChI=1S/C38H49N5O8S/c1-6-51-29-16-13-24-9-7-8-10-27(24)31(29)34(46)39-25-20-28(43(21-25)35(47)32(37(3,4)5)40-30(44)19-23-11-12-23)33(45)41-38(18-17-22(38)2)36(48)42-52(49,50)26-14-15-26/h7-10,13,16,23,25-26,28,32H,2,6,11-12,14-15,17-21H2,1,3-5H3,(H,39,46)(H,40,44)(H,41,45)(H,42,48)/t25-,28+,32-,38?/m1/s1. The Labute approximate surface area is 304 Å². The topological polar surface area (TPSA) is 180 Å². The van der Waals surface area contributed by atoms with Gasteiger partial charge < -0.3 is 25.6 Å². The molecule has 3 saturated carbocycles. The van der Waals surface area contributed by atoms with E-state index in [1.807, 2.05) is 58.0 Å². The Kier molecular flexibility index (Phi) is 10.2. The highest BCUT2D eigenvalue weighted by Crippen LogP contribution is 2.39. The van der Waals surface area contributed by atoms with Crippen molar-refractivity contribution in [2.24, 2.45) is 11.3 Å². The SMILES string of the molecule is C=C1CCC1(NC(=O)[C@@H]1C[C@@H](NC(=O)c2c(OCC)ccc3ccccc23)CN1C(=O)[C@@H](NC(=O)CC1CC1)C(C)(C)C)C(=O)NS(=O)(=O)C1CC1. The third-order valence-electron chi connectivity index (χ3n) is 10.6. The zero-order valence-corrected chi connectivity index (χ0v) is 31.1. The summed E-state index contributed by atoms with van der Waals surface area (Å²) in [6.45, 7) is 11.5. The first-order valence-electron chi connectivity index (χ1n) is 18.2. The molecule has 1 unspecified atom stereocenters. The van der Waals surface area contributed by atoms with Crippen LogP contribution in [0.25, 0.3) is 10.8 Å². The lowest BCUT2D eigenvalue weighted by Gasteiger charge is -2.44. The van der Waals surface area contributed by atoms with Gasteiger partial charge >= 0.3 is 0 Å². The molecule has 0 bridgehead atoms. The van der Waals surface area contributed by atoms with E-state index in [0.29, 0.717) is 54.6 Å². The fraction of sp³-hybridized carbons (Fsp3) is 0.553. The number of nitrogens with one attached hydrogen (secondary N) is 4.